The van der Waals surface area contributed by atoms with Crippen molar-refractivity contribution in [3.8, 4) is 5.75 Å². The Kier molecular flexibility index (Phi) is 6.41. The summed E-state index contributed by atoms with van der Waals surface area (Å²) < 4.78 is 41.0. The van der Waals surface area contributed by atoms with Gasteiger partial charge in [0, 0.05) is 19.3 Å². The van der Waals surface area contributed by atoms with Gasteiger partial charge in [-0.15, -0.1) is 0 Å². The number of halogens is 3. The first-order valence-corrected chi connectivity index (χ1v) is 6.37. The number of alkyl halides is 3. The van der Waals surface area contributed by atoms with Crippen LogP contribution in [-0.4, -0.2) is 41.9 Å². The number of aliphatic hydroxyl groups excluding tert-OH is 1. The van der Waals surface area contributed by atoms with E-state index in [9.17, 15) is 18.0 Å². The summed E-state index contributed by atoms with van der Waals surface area (Å²) in [7, 11) is 0. The van der Waals surface area contributed by atoms with Crippen molar-refractivity contribution in [3.05, 3.63) is 24.0 Å². The first-order chi connectivity index (χ1) is 9.83. The summed E-state index contributed by atoms with van der Waals surface area (Å²) in [6.07, 6.45) is -2.67. The van der Waals surface area contributed by atoms with E-state index in [1.54, 1.807) is 0 Å². The van der Waals surface area contributed by atoms with E-state index in [-0.39, 0.29) is 30.5 Å². The first kappa shape index (κ1) is 17.2. The van der Waals surface area contributed by atoms with E-state index in [4.69, 9.17) is 5.11 Å². The van der Waals surface area contributed by atoms with Crippen molar-refractivity contribution in [1.29, 1.82) is 0 Å². The standard InChI is InChI=1S/C13H17F3N2O3/c1-9(4-6-19)7-18-12(20)11-10(3-2-5-17-11)21-8-13(14,15)16/h2-3,5,9,19H,4,6-8H2,1H3,(H,18,20). The van der Waals surface area contributed by atoms with Crippen LogP contribution in [0.5, 0.6) is 5.75 Å². The normalized spacial score (nSPS) is 12.8. The molecule has 0 saturated heterocycles. The molecule has 1 unspecified atom stereocenters. The van der Waals surface area contributed by atoms with Gasteiger partial charge in [0.05, 0.1) is 0 Å². The zero-order valence-corrected chi connectivity index (χ0v) is 11.5. The number of pyridine rings is 1. The van der Waals surface area contributed by atoms with Crippen molar-refractivity contribution in [1.82, 2.24) is 10.3 Å². The molecule has 21 heavy (non-hydrogen) atoms. The van der Waals surface area contributed by atoms with Crippen LogP contribution in [0.2, 0.25) is 0 Å². The summed E-state index contributed by atoms with van der Waals surface area (Å²) in [6.45, 7) is 0.630. The van der Waals surface area contributed by atoms with E-state index in [1.807, 2.05) is 6.92 Å². The topological polar surface area (TPSA) is 71.5 Å². The highest BCUT2D eigenvalue weighted by Gasteiger charge is 2.29. The average molecular weight is 306 g/mol. The van der Waals surface area contributed by atoms with Crippen LogP contribution in [0.4, 0.5) is 13.2 Å². The van der Waals surface area contributed by atoms with Gasteiger partial charge in [0.15, 0.2) is 18.1 Å². The van der Waals surface area contributed by atoms with Crippen LogP contribution in [0.15, 0.2) is 18.3 Å². The molecule has 1 rings (SSSR count). The van der Waals surface area contributed by atoms with Crippen molar-refractivity contribution in [2.24, 2.45) is 5.92 Å². The highest BCUT2D eigenvalue weighted by Crippen LogP contribution is 2.20. The number of hydrogen-bond donors (Lipinski definition) is 2. The average Bonchev–Trinajstić information content (AvgIpc) is 2.42. The molecule has 0 aliphatic heterocycles. The molecule has 1 heterocycles. The van der Waals surface area contributed by atoms with Gasteiger partial charge >= 0.3 is 6.18 Å². The van der Waals surface area contributed by atoms with Crippen LogP contribution >= 0.6 is 0 Å². The Balaban J connectivity index is 2.67. The second-order valence-corrected chi connectivity index (χ2v) is 4.58. The van der Waals surface area contributed by atoms with Crippen LogP contribution in [0.3, 0.4) is 0 Å². The van der Waals surface area contributed by atoms with Gasteiger partial charge in [0.1, 0.15) is 0 Å². The Labute approximate surface area is 120 Å². The molecule has 8 heteroatoms. The maximum absolute atomic E-state index is 12.1. The zero-order chi connectivity index (χ0) is 15.9. The minimum atomic E-state index is -4.49. The second kappa shape index (κ2) is 7.82. The van der Waals surface area contributed by atoms with Crippen LogP contribution < -0.4 is 10.1 Å². The van der Waals surface area contributed by atoms with Gasteiger partial charge in [-0.25, -0.2) is 4.98 Å². The zero-order valence-electron chi connectivity index (χ0n) is 11.5. The summed E-state index contributed by atoms with van der Waals surface area (Å²) in [5, 5.41) is 11.3. The van der Waals surface area contributed by atoms with Gasteiger partial charge in [-0.2, -0.15) is 13.2 Å². The number of amides is 1. The smallest absolute Gasteiger partial charge is 0.422 e. The maximum atomic E-state index is 12.1. The van der Waals surface area contributed by atoms with E-state index < -0.39 is 18.7 Å². The van der Waals surface area contributed by atoms with Crippen LogP contribution in [0.25, 0.3) is 0 Å². The third kappa shape index (κ3) is 6.44. The molecule has 0 radical (unpaired) electrons. The van der Waals surface area contributed by atoms with Gasteiger partial charge in [-0.3, -0.25) is 4.79 Å². The van der Waals surface area contributed by atoms with Crippen LogP contribution in [-0.2, 0) is 0 Å². The lowest BCUT2D eigenvalue weighted by atomic mass is 10.1. The summed E-state index contributed by atoms with van der Waals surface area (Å²) >= 11 is 0. The minimum Gasteiger partial charge on any atom is -0.482 e. The predicted molar refractivity (Wildman–Crippen MR) is 69.0 cm³/mol. The number of ether oxygens (including phenoxy) is 1. The van der Waals surface area contributed by atoms with E-state index in [0.29, 0.717) is 6.42 Å². The molecule has 1 amide bonds. The molecule has 1 aromatic heterocycles. The van der Waals surface area contributed by atoms with E-state index in [0.717, 1.165) is 0 Å². The number of rotatable bonds is 7. The Morgan fingerprint density at radius 3 is 2.86 bits per heavy atom. The van der Waals surface area contributed by atoms with Gasteiger partial charge in [-0.05, 0) is 24.5 Å². The first-order valence-electron chi connectivity index (χ1n) is 6.37. The molecule has 1 aromatic rings. The number of hydrogen-bond acceptors (Lipinski definition) is 4. The molecule has 0 bridgehead atoms. The van der Waals surface area contributed by atoms with Gasteiger partial charge in [0.25, 0.3) is 5.91 Å². The Morgan fingerprint density at radius 2 is 2.24 bits per heavy atom. The van der Waals surface area contributed by atoms with Gasteiger partial charge in [-0.1, -0.05) is 6.92 Å². The molecule has 5 nitrogen and oxygen atoms in total. The van der Waals surface area contributed by atoms with Crippen molar-refractivity contribution in [2.75, 3.05) is 19.8 Å². The fraction of sp³-hybridized carbons (Fsp3) is 0.538. The molecular formula is C13H17F3N2O3. The number of aliphatic hydroxyl groups is 1. The lowest BCUT2D eigenvalue weighted by Crippen LogP contribution is -2.30. The maximum Gasteiger partial charge on any atom is 0.422 e. The van der Waals surface area contributed by atoms with Crippen molar-refractivity contribution in [2.45, 2.75) is 19.5 Å². The van der Waals surface area contributed by atoms with Crippen LogP contribution in [0, 0.1) is 5.92 Å². The number of aromatic nitrogens is 1. The Bertz CT molecular complexity index is 466. The summed E-state index contributed by atoms with van der Waals surface area (Å²) in [6, 6.07) is 2.64. The molecule has 0 spiro atoms. The van der Waals surface area contributed by atoms with E-state index in [2.05, 4.69) is 15.0 Å². The molecule has 2 N–H and O–H groups in total. The largest absolute Gasteiger partial charge is 0.482 e. The number of nitrogens with zero attached hydrogens (tertiary/aromatic N) is 1. The molecule has 0 aliphatic carbocycles. The molecule has 0 aliphatic rings. The van der Waals surface area contributed by atoms with Crippen LogP contribution in [0.1, 0.15) is 23.8 Å². The number of carbonyl (C=O) groups excluding carboxylic acids is 1. The van der Waals surface area contributed by atoms with E-state index >= 15 is 0 Å². The lowest BCUT2D eigenvalue weighted by Gasteiger charge is -2.14. The van der Waals surface area contributed by atoms with Gasteiger partial charge in [0.2, 0.25) is 0 Å². The number of nitrogens with one attached hydrogen (secondary N) is 1. The lowest BCUT2D eigenvalue weighted by molar-refractivity contribution is -0.153. The summed E-state index contributed by atoms with van der Waals surface area (Å²) in [4.78, 5) is 15.7. The fourth-order valence-electron chi connectivity index (χ4n) is 1.51. The van der Waals surface area contributed by atoms with Gasteiger partial charge < -0.3 is 15.2 Å². The monoisotopic (exact) mass is 306 g/mol. The second-order valence-electron chi connectivity index (χ2n) is 4.58. The third-order valence-corrected chi connectivity index (χ3v) is 2.61. The number of carbonyl (C=O) groups is 1. The summed E-state index contributed by atoms with van der Waals surface area (Å²) in [5.41, 5.74) is -0.196. The highest BCUT2D eigenvalue weighted by molar-refractivity contribution is 5.94. The molecule has 1 atom stereocenters. The fourth-order valence-corrected chi connectivity index (χ4v) is 1.51. The molecule has 0 aromatic carbocycles. The van der Waals surface area contributed by atoms with E-state index in [1.165, 1.54) is 18.3 Å². The quantitative estimate of drug-likeness (QED) is 0.805. The van der Waals surface area contributed by atoms with Crippen molar-refractivity contribution >= 4 is 5.91 Å². The molecular weight excluding hydrogens is 289 g/mol. The minimum absolute atomic E-state index is 0.000563. The molecule has 118 valence electrons. The molecule has 0 fully saturated rings. The highest BCUT2D eigenvalue weighted by atomic mass is 19.4. The third-order valence-electron chi connectivity index (χ3n) is 2.61. The van der Waals surface area contributed by atoms with Crippen molar-refractivity contribution < 1.29 is 27.8 Å². The Morgan fingerprint density at radius 1 is 1.52 bits per heavy atom. The molecule has 0 saturated carbocycles. The predicted octanol–water partition coefficient (Wildman–Crippen LogP) is 1.77. The SMILES string of the molecule is CC(CCO)CNC(=O)c1ncccc1OCC(F)(F)F. The van der Waals surface area contributed by atoms with Crippen molar-refractivity contribution in [3.63, 3.8) is 0 Å². The summed E-state index contributed by atoms with van der Waals surface area (Å²) in [5.74, 6) is -0.790. The Hall–Kier alpha value is -1.83.